The number of hydrogen-bond acceptors (Lipinski definition) is 4. The zero-order valence-corrected chi connectivity index (χ0v) is 14.5. The van der Waals surface area contributed by atoms with Crippen molar-refractivity contribution in [1.82, 2.24) is 4.72 Å². The second-order valence-corrected chi connectivity index (χ2v) is 8.62. The molecule has 0 bridgehead atoms. The van der Waals surface area contributed by atoms with Crippen LogP contribution >= 0.6 is 11.6 Å². The Morgan fingerprint density at radius 3 is 1.87 bits per heavy atom. The lowest BCUT2D eigenvalue weighted by atomic mass is 10.1. The van der Waals surface area contributed by atoms with E-state index in [9.17, 15) is 16.8 Å². The molecule has 1 unspecified atom stereocenters. The molecule has 0 fully saturated rings. The fourth-order valence-electron chi connectivity index (χ4n) is 1.93. The molecule has 0 amide bonds. The first-order valence-corrected chi connectivity index (χ1v) is 9.91. The molecule has 0 heterocycles. The van der Waals surface area contributed by atoms with E-state index in [2.05, 4.69) is 4.72 Å². The third-order valence-corrected chi connectivity index (χ3v) is 5.90. The van der Waals surface area contributed by atoms with E-state index in [1.807, 2.05) is 0 Å². The van der Waals surface area contributed by atoms with Gasteiger partial charge >= 0.3 is 0 Å². The van der Waals surface area contributed by atoms with Crippen LogP contribution < -0.4 is 9.86 Å². The number of hydrogen-bond donors (Lipinski definition) is 2. The number of primary sulfonamides is 1. The Kier molecular flexibility index (Phi) is 5.12. The van der Waals surface area contributed by atoms with Crippen LogP contribution in [0.25, 0.3) is 0 Å². The Balaban J connectivity index is 2.23. The minimum atomic E-state index is -3.86. The van der Waals surface area contributed by atoms with E-state index in [0.29, 0.717) is 5.02 Å². The van der Waals surface area contributed by atoms with Crippen molar-refractivity contribution in [2.45, 2.75) is 22.8 Å². The van der Waals surface area contributed by atoms with Gasteiger partial charge in [0.1, 0.15) is 0 Å². The lowest BCUT2D eigenvalue weighted by Crippen LogP contribution is -2.27. The van der Waals surface area contributed by atoms with Gasteiger partial charge in [0.15, 0.2) is 0 Å². The molecule has 0 radical (unpaired) electrons. The molecule has 0 spiro atoms. The molecule has 2 aromatic rings. The summed E-state index contributed by atoms with van der Waals surface area (Å²) in [6.07, 6.45) is 0. The first-order valence-electron chi connectivity index (χ1n) is 6.50. The third kappa shape index (κ3) is 4.52. The molecule has 124 valence electrons. The average molecular weight is 375 g/mol. The van der Waals surface area contributed by atoms with E-state index in [1.165, 1.54) is 12.1 Å². The topological polar surface area (TPSA) is 106 Å². The first-order chi connectivity index (χ1) is 10.6. The molecule has 23 heavy (non-hydrogen) atoms. The fourth-order valence-corrected chi connectivity index (χ4v) is 3.80. The van der Waals surface area contributed by atoms with Gasteiger partial charge in [-0.25, -0.2) is 26.7 Å². The van der Waals surface area contributed by atoms with Crippen molar-refractivity contribution in [3.05, 3.63) is 59.1 Å². The number of benzene rings is 2. The van der Waals surface area contributed by atoms with Crippen LogP contribution in [-0.2, 0) is 20.0 Å². The summed E-state index contributed by atoms with van der Waals surface area (Å²) in [6, 6.07) is 11.0. The normalized spacial score (nSPS) is 13.7. The van der Waals surface area contributed by atoms with Gasteiger partial charge in [0.25, 0.3) is 0 Å². The Morgan fingerprint density at radius 1 is 0.913 bits per heavy atom. The van der Waals surface area contributed by atoms with Gasteiger partial charge in [-0.15, -0.1) is 0 Å². The van der Waals surface area contributed by atoms with Gasteiger partial charge in [0.05, 0.1) is 9.79 Å². The van der Waals surface area contributed by atoms with Crippen molar-refractivity contribution < 1.29 is 16.8 Å². The molecule has 6 nitrogen and oxygen atoms in total. The van der Waals surface area contributed by atoms with E-state index >= 15 is 0 Å². The standard InChI is InChI=1S/C14H15ClN2O4S2/c1-10(11-2-4-12(15)5-3-11)17-23(20,21)14-8-6-13(7-9-14)22(16,18)19/h2-10,17H,1H3,(H2,16,18,19). The molecule has 9 heteroatoms. The third-order valence-electron chi connectivity index (χ3n) is 3.16. The fraction of sp³-hybridized carbons (Fsp3) is 0.143. The smallest absolute Gasteiger partial charge is 0.225 e. The number of nitrogens with one attached hydrogen (secondary N) is 1. The summed E-state index contributed by atoms with van der Waals surface area (Å²) in [4.78, 5) is -0.201. The molecule has 0 aliphatic carbocycles. The second-order valence-electron chi connectivity index (χ2n) is 4.91. The Hall–Kier alpha value is -1.45. The highest BCUT2D eigenvalue weighted by Crippen LogP contribution is 2.20. The van der Waals surface area contributed by atoms with Crippen molar-refractivity contribution in [2.75, 3.05) is 0 Å². The van der Waals surface area contributed by atoms with Crippen LogP contribution in [0.15, 0.2) is 58.3 Å². The van der Waals surface area contributed by atoms with E-state index in [-0.39, 0.29) is 9.79 Å². The number of sulfonamides is 2. The monoisotopic (exact) mass is 374 g/mol. The van der Waals surface area contributed by atoms with Gasteiger partial charge in [-0.1, -0.05) is 23.7 Å². The van der Waals surface area contributed by atoms with Crippen molar-refractivity contribution in [3.63, 3.8) is 0 Å². The van der Waals surface area contributed by atoms with Crippen LogP contribution in [0.2, 0.25) is 5.02 Å². The molecule has 1 atom stereocenters. The highest BCUT2D eigenvalue weighted by Gasteiger charge is 2.19. The number of halogens is 1. The van der Waals surface area contributed by atoms with Gasteiger partial charge in [0, 0.05) is 11.1 Å². The Morgan fingerprint density at radius 2 is 1.39 bits per heavy atom. The van der Waals surface area contributed by atoms with Crippen molar-refractivity contribution >= 4 is 31.6 Å². The van der Waals surface area contributed by atoms with Crippen LogP contribution in [0.4, 0.5) is 0 Å². The summed E-state index contributed by atoms with van der Waals surface area (Å²) in [7, 11) is -7.66. The van der Waals surface area contributed by atoms with Crippen LogP contribution in [0.3, 0.4) is 0 Å². The predicted molar refractivity (Wildman–Crippen MR) is 88.0 cm³/mol. The minimum Gasteiger partial charge on any atom is -0.225 e. The van der Waals surface area contributed by atoms with Crippen molar-refractivity contribution in [2.24, 2.45) is 5.14 Å². The van der Waals surface area contributed by atoms with Crippen LogP contribution in [0, 0.1) is 0 Å². The van der Waals surface area contributed by atoms with Gasteiger partial charge in [0.2, 0.25) is 20.0 Å². The molecule has 2 aromatic carbocycles. The quantitative estimate of drug-likeness (QED) is 0.834. The largest absolute Gasteiger partial charge is 0.241 e. The van der Waals surface area contributed by atoms with Gasteiger partial charge in [-0.2, -0.15) is 0 Å². The zero-order chi connectivity index (χ0) is 17.3. The van der Waals surface area contributed by atoms with E-state index in [4.69, 9.17) is 16.7 Å². The van der Waals surface area contributed by atoms with Crippen LogP contribution in [0.1, 0.15) is 18.5 Å². The second kappa shape index (κ2) is 6.58. The lowest BCUT2D eigenvalue weighted by Gasteiger charge is -2.15. The average Bonchev–Trinajstić information content (AvgIpc) is 2.46. The molecule has 0 aliphatic heterocycles. The molecule has 0 saturated carbocycles. The summed E-state index contributed by atoms with van der Waals surface area (Å²) in [5.41, 5.74) is 0.749. The van der Waals surface area contributed by atoms with E-state index in [1.54, 1.807) is 31.2 Å². The maximum absolute atomic E-state index is 12.3. The zero-order valence-electron chi connectivity index (χ0n) is 12.1. The van der Waals surface area contributed by atoms with E-state index < -0.39 is 26.1 Å². The summed E-state index contributed by atoms with van der Waals surface area (Å²) in [5, 5.41) is 5.54. The summed E-state index contributed by atoms with van der Waals surface area (Å²) < 4.78 is 49.5. The first kappa shape index (κ1) is 17.9. The van der Waals surface area contributed by atoms with Gasteiger partial charge in [-0.05, 0) is 48.9 Å². The predicted octanol–water partition coefficient (Wildman–Crippen LogP) is 2.03. The van der Waals surface area contributed by atoms with Crippen LogP contribution in [0.5, 0.6) is 0 Å². The van der Waals surface area contributed by atoms with Gasteiger partial charge < -0.3 is 0 Å². The van der Waals surface area contributed by atoms with E-state index in [0.717, 1.165) is 17.7 Å². The molecule has 0 saturated heterocycles. The molecule has 0 aromatic heterocycles. The number of rotatable bonds is 5. The van der Waals surface area contributed by atoms with Crippen molar-refractivity contribution in [1.29, 1.82) is 0 Å². The van der Waals surface area contributed by atoms with Crippen LogP contribution in [-0.4, -0.2) is 16.8 Å². The van der Waals surface area contributed by atoms with Crippen molar-refractivity contribution in [3.8, 4) is 0 Å². The lowest BCUT2D eigenvalue weighted by molar-refractivity contribution is 0.566. The Labute approximate surface area is 140 Å². The molecular weight excluding hydrogens is 360 g/mol. The summed E-state index contributed by atoms with van der Waals surface area (Å²) in [5.74, 6) is 0. The molecule has 0 aliphatic rings. The van der Waals surface area contributed by atoms with Gasteiger partial charge in [-0.3, -0.25) is 0 Å². The molecule has 3 N–H and O–H groups in total. The SMILES string of the molecule is CC(NS(=O)(=O)c1ccc(S(N)(=O)=O)cc1)c1ccc(Cl)cc1. The Bertz CT molecular complexity index is 893. The maximum Gasteiger partial charge on any atom is 0.241 e. The molecule has 2 rings (SSSR count). The summed E-state index contributed by atoms with van der Waals surface area (Å²) in [6.45, 7) is 1.69. The maximum atomic E-state index is 12.3. The highest BCUT2D eigenvalue weighted by atomic mass is 35.5. The number of nitrogens with two attached hydrogens (primary N) is 1. The molecular formula is C14H15ClN2O4S2. The highest BCUT2D eigenvalue weighted by molar-refractivity contribution is 7.89. The summed E-state index contributed by atoms with van der Waals surface area (Å²) >= 11 is 5.80. The minimum absolute atomic E-state index is 0.0503.